The molecule has 3 aromatic rings. The van der Waals surface area contributed by atoms with Crippen molar-refractivity contribution in [3.63, 3.8) is 0 Å². The zero-order chi connectivity index (χ0) is 27.7. The first-order valence-electron chi connectivity index (χ1n) is 15.0. The fourth-order valence-corrected chi connectivity index (χ4v) is 4.73. The number of ether oxygens (including phenoxy) is 1. The number of unbranched alkanes of at least 4 members (excludes halogenated alkanes) is 11. The topological polar surface area (TPSA) is 52.1 Å². The number of hydrogen-bond acceptors (Lipinski definition) is 4. The van der Waals surface area contributed by atoms with Crippen LogP contribution >= 0.6 is 0 Å². The Labute approximate surface area is 234 Å². The van der Waals surface area contributed by atoms with Gasteiger partial charge >= 0.3 is 5.97 Å². The van der Waals surface area contributed by atoms with Gasteiger partial charge in [-0.15, -0.1) is 0 Å². The lowest BCUT2D eigenvalue weighted by molar-refractivity contribution is 0.0734. The molecule has 0 fully saturated rings. The van der Waals surface area contributed by atoms with Gasteiger partial charge in [0.25, 0.3) is 0 Å². The fourth-order valence-electron chi connectivity index (χ4n) is 4.73. The van der Waals surface area contributed by atoms with Crippen LogP contribution < -0.4 is 4.74 Å². The first-order chi connectivity index (χ1) is 19.1. The molecule has 0 radical (unpaired) electrons. The Morgan fingerprint density at radius 1 is 0.718 bits per heavy atom. The van der Waals surface area contributed by atoms with Crippen LogP contribution in [0.25, 0.3) is 11.4 Å². The van der Waals surface area contributed by atoms with Crippen LogP contribution in [0.3, 0.4) is 0 Å². The van der Waals surface area contributed by atoms with Gasteiger partial charge in [-0.1, -0.05) is 103 Å². The van der Waals surface area contributed by atoms with E-state index in [0.29, 0.717) is 23.4 Å². The molecule has 0 saturated carbocycles. The van der Waals surface area contributed by atoms with Crippen molar-refractivity contribution in [2.45, 2.75) is 110 Å². The van der Waals surface area contributed by atoms with Crippen LogP contribution in [0.1, 0.15) is 119 Å². The number of halogens is 1. The SMILES string of the molecule is CCCCCCCCCCc1cnc(-c2ccc(C(=O)Oc3ccc(CCCCCCC)c(F)c3)cc2)nc1. The molecular formula is C34H45FN2O2. The Morgan fingerprint density at radius 2 is 1.28 bits per heavy atom. The van der Waals surface area contributed by atoms with Crippen molar-refractivity contribution in [1.29, 1.82) is 0 Å². The summed E-state index contributed by atoms with van der Waals surface area (Å²) in [6.45, 7) is 4.43. The van der Waals surface area contributed by atoms with Crippen LogP contribution in [-0.2, 0) is 12.8 Å². The number of esters is 1. The molecule has 3 rings (SSSR count). The highest BCUT2D eigenvalue weighted by atomic mass is 19.1. The zero-order valence-corrected chi connectivity index (χ0v) is 23.9. The summed E-state index contributed by atoms with van der Waals surface area (Å²) in [5, 5.41) is 0. The molecule has 0 spiro atoms. The Hall–Kier alpha value is -3.08. The predicted octanol–water partition coefficient (Wildman–Crippen LogP) is 9.70. The smallest absolute Gasteiger partial charge is 0.343 e. The van der Waals surface area contributed by atoms with Crippen molar-refractivity contribution in [1.82, 2.24) is 9.97 Å². The van der Waals surface area contributed by atoms with Crippen LogP contribution in [-0.4, -0.2) is 15.9 Å². The van der Waals surface area contributed by atoms with E-state index in [0.717, 1.165) is 30.4 Å². The van der Waals surface area contributed by atoms with Crippen LogP contribution in [0.2, 0.25) is 0 Å². The van der Waals surface area contributed by atoms with E-state index in [1.165, 1.54) is 76.7 Å². The van der Waals surface area contributed by atoms with Crippen LogP contribution in [0.15, 0.2) is 54.9 Å². The van der Waals surface area contributed by atoms with Crippen molar-refractivity contribution in [3.05, 3.63) is 77.4 Å². The number of carbonyl (C=O) groups is 1. The summed E-state index contributed by atoms with van der Waals surface area (Å²) in [7, 11) is 0. The van der Waals surface area contributed by atoms with Crippen molar-refractivity contribution in [2.75, 3.05) is 0 Å². The van der Waals surface area contributed by atoms with Gasteiger partial charge in [-0.3, -0.25) is 0 Å². The number of nitrogens with zero attached hydrogens (tertiary/aromatic N) is 2. The molecule has 0 saturated heterocycles. The number of hydrogen-bond donors (Lipinski definition) is 0. The van der Waals surface area contributed by atoms with E-state index >= 15 is 0 Å². The normalized spacial score (nSPS) is 11.1. The Morgan fingerprint density at radius 3 is 1.87 bits per heavy atom. The summed E-state index contributed by atoms with van der Waals surface area (Å²) in [6.07, 6.45) is 21.6. The minimum absolute atomic E-state index is 0.215. The minimum Gasteiger partial charge on any atom is -0.423 e. The lowest BCUT2D eigenvalue weighted by atomic mass is 10.0. The van der Waals surface area contributed by atoms with Gasteiger partial charge in [-0.05, 0) is 55.0 Å². The number of benzene rings is 2. The Balaban J connectivity index is 1.44. The number of carbonyl (C=O) groups excluding carboxylic acids is 1. The van der Waals surface area contributed by atoms with Crippen LogP contribution in [0.5, 0.6) is 5.75 Å². The summed E-state index contributed by atoms with van der Waals surface area (Å²) in [5.41, 5.74) is 3.05. The van der Waals surface area contributed by atoms with Gasteiger partial charge in [-0.25, -0.2) is 19.2 Å². The third-order valence-electron chi connectivity index (χ3n) is 7.19. The van der Waals surface area contributed by atoms with Gasteiger partial charge in [0.1, 0.15) is 11.6 Å². The molecule has 0 amide bonds. The largest absolute Gasteiger partial charge is 0.423 e. The molecule has 2 aromatic carbocycles. The fraction of sp³-hybridized carbons (Fsp3) is 0.500. The molecule has 0 aliphatic rings. The monoisotopic (exact) mass is 532 g/mol. The molecule has 0 aliphatic heterocycles. The summed E-state index contributed by atoms with van der Waals surface area (Å²) >= 11 is 0. The van der Waals surface area contributed by atoms with Crippen LogP contribution in [0, 0.1) is 5.82 Å². The molecule has 0 N–H and O–H groups in total. The maximum atomic E-state index is 14.5. The first-order valence-corrected chi connectivity index (χ1v) is 15.0. The van der Waals surface area contributed by atoms with Gasteiger partial charge in [0.05, 0.1) is 5.56 Å². The lowest BCUT2D eigenvalue weighted by Gasteiger charge is -2.08. The summed E-state index contributed by atoms with van der Waals surface area (Å²) in [5.74, 6) is -0.00212. The van der Waals surface area contributed by atoms with E-state index in [2.05, 4.69) is 23.8 Å². The van der Waals surface area contributed by atoms with E-state index in [1.807, 2.05) is 24.5 Å². The van der Waals surface area contributed by atoms with Gasteiger partial charge in [0, 0.05) is 24.0 Å². The average Bonchev–Trinajstić information content (AvgIpc) is 2.96. The summed E-state index contributed by atoms with van der Waals surface area (Å²) in [6, 6.07) is 11.7. The molecule has 210 valence electrons. The van der Waals surface area contributed by atoms with Crippen LogP contribution in [0.4, 0.5) is 4.39 Å². The third-order valence-corrected chi connectivity index (χ3v) is 7.19. The number of aromatic nitrogens is 2. The van der Waals surface area contributed by atoms with Crippen molar-refractivity contribution in [2.24, 2.45) is 0 Å². The lowest BCUT2D eigenvalue weighted by Crippen LogP contribution is -2.09. The van der Waals surface area contributed by atoms with Crippen molar-refractivity contribution < 1.29 is 13.9 Å². The molecule has 0 atom stereocenters. The molecule has 0 unspecified atom stereocenters. The first kappa shape index (κ1) is 30.5. The molecule has 39 heavy (non-hydrogen) atoms. The molecular weight excluding hydrogens is 487 g/mol. The quantitative estimate of drug-likeness (QED) is 0.0929. The maximum absolute atomic E-state index is 14.5. The highest BCUT2D eigenvalue weighted by Crippen LogP contribution is 2.21. The summed E-state index contributed by atoms with van der Waals surface area (Å²) < 4.78 is 19.9. The second-order valence-corrected chi connectivity index (χ2v) is 10.5. The van der Waals surface area contributed by atoms with Gasteiger partial charge in [-0.2, -0.15) is 0 Å². The van der Waals surface area contributed by atoms with Gasteiger partial charge in [0.2, 0.25) is 0 Å². The average molecular weight is 533 g/mol. The standard InChI is InChI=1S/C34H45FN2O2/c1-3-5-7-9-10-11-13-14-16-27-25-36-33(37-26-27)29-18-20-30(21-19-29)34(38)39-31-23-22-28(32(35)24-31)17-15-12-8-6-4-2/h18-26H,3-17H2,1-2H3. The molecule has 1 aromatic heterocycles. The highest BCUT2D eigenvalue weighted by Gasteiger charge is 2.12. The van der Waals surface area contributed by atoms with Gasteiger partial charge < -0.3 is 4.74 Å². The Kier molecular flexibility index (Phi) is 13.7. The van der Waals surface area contributed by atoms with Gasteiger partial charge in [0.15, 0.2) is 5.82 Å². The molecule has 5 heteroatoms. The van der Waals surface area contributed by atoms with E-state index in [-0.39, 0.29) is 11.6 Å². The molecule has 4 nitrogen and oxygen atoms in total. The number of aryl methyl sites for hydroxylation is 2. The highest BCUT2D eigenvalue weighted by molar-refractivity contribution is 5.91. The van der Waals surface area contributed by atoms with Crippen molar-refractivity contribution in [3.8, 4) is 17.1 Å². The van der Waals surface area contributed by atoms with E-state index in [1.54, 1.807) is 24.3 Å². The maximum Gasteiger partial charge on any atom is 0.343 e. The van der Waals surface area contributed by atoms with Crippen molar-refractivity contribution >= 4 is 5.97 Å². The second kappa shape index (κ2) is 17.5. The second-order valence-electron chi connectivity index (χ2n) is 10.5. The molecule has 0 bridgehead atoms. The number of rotatable bonds is 18. The van der Waals surface area contributed by atoms with E-state index in [4.69, 9.17) is 4.74 Å². The third kappa shape index (κ3) is 10.9. The molecule has 1 heterocycles. The summed E-state index contributed by atoms with van der Waals surface area (Å²) in [4.78, 5) is 21.7. The van der Waals surface area contributed by atoms with E-state index < -0.39 is 5.97 Å². The minimum atomic E-state index is -0.519. The van der Waals surface area contributed by atoms with E-state index in [9.17, 15) is 9.18 Å². The zero-order valence-electron chi connectivity index (χ0n) is 23.9. The molecule has 0 aliphatic carbocycles. The Bertz CT molecular complexity index is 1110. The predicted molar refractivity (Wildman–Crippen MR) is 158 cm³/mol.